The van der Waals surface area contributed by atoms with Gasteiger partial charge in [-0.2, -0.15) is 5.10 Å². The van der Waals surface area contributed by atoms with Crippen molar-refractivity contribution < 1.29 is 9.50 Å². The van der Waals surface area contributed by atoms with Crippen molar-refractivity contribution in [1.82, 2.24) is 14.7 Å². The molecule has 0 spiro atoms. The fraction of sp³-hybridized carbons (Fsp3) is 0.471. The van der Waals surface area contributed by atoms with Gasteiger partial charge in [0.2, 0.25) is 0 Å². The second-order valence-corrected chi connectivity index (χ2v) is 5.84. The molecule has 1 aromatic carbocycles. The highest BCUT2D eigenvalue weighted by atomic mass is 19.1. The maximum Gasteiger partial charge on any atom is 0.123 e. The molecule has 2 atom stereocenters. The Morgan fingerprint density at radius 1 is 1.27 bits per heavy atom. The molecule has 0 bridgehead atoms. The number of aliphatic hydroxyl groups is 1. The summed E-state index contributed by atoms with van der Waals surface area (Å²) in [5.74, 6) is -0.222. The van der Waals surface area contributed by atoms with Crippen LogP contribution in [-0.4, -0.2) is 39.0 Å². The number of aliphatic hydroxyl groups excluding tert-OH is 1. The molecule has 1 fully saturated rings. The number of aromatic nitrogens is 2. The second-order valence-electron chi connectivity index (χ2n) is 5.84. The molecule has 0 amide bonds. The highest BCUT2D eigenvalue weighted by Gasteiger charge is 2.31. The van der Waals surface area contributed by atoms with Crippen LogP contribution in [0.25, 0.3) is 0 Å². The van der Waals surface area contributed by atoms with Gasteiger partial charge in [-0.25, -0.2) is 4.39 Å². The van der Waals surface area contributed by atoms with Crippen molar-refractivity contribution in [2.24, 2.45) is 0 Å². The molecular weight excluding hydrogens is 281 g/mol. The average molecular weight is 303 g/mol. The average Bonchev–Trinajstić information content (AvgIpc) is 3.11. The lowest BCUT2D eigenvalue weighted by Crippen LogP contribution is -2.27. The molecule has 0 radical (unpaired) electrons. The van der Waals surface area contributed by atoms with E-state index >= 15 is 0 Å². The number of nitrogens with zero attached hydrogens (tertiary/aromatic N) is 3. The summed E-state index contributed by atoms with van der Waals surface area (Å²) in [7, 11) is 0. The Morgan fingerprint density at radius 3 is 2.77 bits per heavy atom. The van der Waals surface area contributed by atoms with Crippen LogP contribution >= 0.6 is 0 Å². The van der Waals surface area contributed by atoms with Gasteiger partial charge in [-0.3, -0.25) is 9.58 Å². The maximum atomic E-state index is 13.1. The number of β-amino-alcohol motifs (C(OH)–C–C–N with tert-alkyl or cyclic N) is 1. The van der Waals surface area contributed by atoms with E-state index in [2.05, 4.69) is 16.9 Å². The standard InChI is InChI=1S/C17H22FN3O/c1-2-21-15(7-9-19-21)8-10-20-12-16(22)11-17(20)13-3-5-14(18)6-4-13/h3-7,9,16-17,22H,2,8,10-12H2,1H3/t16-,17-/m0/s1. The van der Waals surface area contributed by atoms with Gasteiger partial charge in [0.1, 0.15) is 5.82 Å². The number of aryl methyl sites for hydroxylation is 1. The summed E-state index contributed by atoms with van der Waals surface area (Å²) in [6, 6.07) is 8.83. The summed E-state index contributed by atoms with van der Waals surface area (Å²) >= 11 is 0. The summed E-state index contributed by atoms with van der Waals surface area (Å²) in [5.41, 5.74) is 2.28. The number of likely N-dealkylation sites (tertiary alicyclic amines) is 1. The smallest absolute Gasteiger partial charge is 0.123 e. The molecule has 3 rings (SSSR count). The second kappa shape index (κ2) is 6.58. The molecule has 0 saturated carbocycles. The van der Waals surface area contributed by atoms with Crippen molar-refractivity contribution in [1.29, 1.82) is 0 Å². The van der Waals surface area contributed by atoms with E-state index in [-0.39, 0.29) is 18.0 Å². The Hall–Kier alpha value is -1.72. The number of hydrogen-bond donors (Lipinski definition) is 1. The quantitative estimate of drug-likeness (QED) is 0.922. The van der Waals surface area contributed by atoms with Crippen molar-refractivity contribution in [3.63, 3.8) is 0 Å². The van der Waals surface area contributed by atoms with Crippen LogP contribution in [-0.2, 0) is 13.0 Å². The molecule has 0 unspecified atom stereocenters. The molecule has 1 saturated heterocycles. The molecule has 1 aromatic heterocycles. The Balaban J connectivity index is 1.69. The highest BCUT2D eigenvalue weighted by Crippen LogP contribution is 2.32. The molecule has 2 aromatic rings. The molecule has 0 aliphatic carbocycles. The van der Waals surface area contributed by atoms with Crippen molar-refractivity contribution in [2.45, 2.75) is 38.5 Å². The summed E-state index contributed by atoms with van der Waals surface area (Å²) in [6.45, 7) is 4.48. The van der Waals surface area contributed by atoms with Crippen LogP contribution in [0, 0.1) is 5.82 Å². The molecule has 118 valence electrons. The van der Waals surface area contributed by atoms with Gasteiger partial charge in [-0.1, -0.05) is 12.1 Å². The molecule has 4 nitrogen and oxygen atoms in total. The first-order chi connectivity index (χ1) is 10.7. The Morgan fingerprint density at radius 2 is 2.05 bits per heavy atom. The maximum absolute atomic E-state index is 13.1. The van der Waals surface area contributed by atoms with Crippen LogP contribution in [0.4, 0.5) is 4.39 Å². The Kier molecular flexibility index (Phi) is 4.55. The van der Waals surface area contributed by atoms with E-state index in [4.69, 9.17) is 0 Å². The Labute approximate surface area is 130 Å². The fourth-order valence-electron chi connectivity index (χ4n) is 3.27. The summed E-state index contributed by atoms with van der Waals surface area (Å²) in [4.78, 5) is 2.28. The first-order valence-electron chi connectivity index (χ1n) is 7.85. The van der Waals surface area contributed by atoms with Crippen molar-refractivity contribution in [2.75, 3.05) is 13.1 Å². The van der Waals surface area contributed by atoms with E-state index < -0.39 is 0 Å². The van der Waals surface area contributed by atoms with Gasteiger partial charge in [-0.15, -0.1) is 0 Å². The van der Waals surface area contributed by atoms with Crippen LogP contribution in [0.2, 0.25) is 0 Å². The van der Waals surface area contributed by atoms with Crippen LogP contribution in [0.5, 0.6) is 0 Å². The van der Waals surface area contributed by atoms with E-state index in [9.17, 15) is 9.50 Å². The van der Waals surface area contributed by atoms with Gasteiger partial charge in [-0.05, 0) is 37.1 Å². The number of halogens is 1. The third-order valence-electron chi connectivity index (χ3n) is 4.40. The van der Waals surface area contributed by atoms with Gasteiger partial charge in [0, 0.05) is 44.0 Å². The minimum absolute atomic E-state index is 0.161. The predicted molar refractivity (Wildman–Crippen MR) is 82.9 cm³/mol. The zero-order chi connectivity index (χ0) is 15.5. The van der Waals surface area contributed by atoms with Crippen LogP contribution in [0.1, 0.15) is 30.6 Å². The molecule has 2 heterocycles. The third-order valence-corrected chi connectivity index (χ3v) is 4.40. The molecule has 1 aliphatic rings. The lowest BCUT2D eigenvalue weighted by molar-refractivity contribution is 0.175. The van der Waals surface area contributed by atoms with E-state index in [1.807, 2.05) is 29.1 Å². The molecule has 1 aliphatic heterocycles. The zero-order valence-electron chi connectivity index (χ0n) is 12.8. The van der Waals surface area contributed by atoms with Crippen molar-refractivity contribution in [3.05, 3.63) is 53.6 Å². The van der Waals surface area contributed by atoms with E-state index in [0.717, 1.165) is 25.1 Å². The van der Waals surface area contributed by atoms with Gasteiger partial charge in [0.25, 0.3) is 0 Å². The van der Waals surface area contributed by atoms with Gasteiger partial charge >= 0.3 is 0 Å². The first kappa shape index (κ1) is 15.2. The lowest BCUT2D eigenvalue weighted by atomic mass is 10.0. The predicted octanol–water partition coefficient (Wildman–Crippen LogP) is 2.39. The SMILES string of the molecule is CCn1nccc1CCN1C[C@@H](O)C[C@H]1c1ccc(F)cc1. The van der Waals surface area contributed by atoms with Gasteiger partial charge < -0.3 is 5.11 Å². The lowest BCUT2D eigenvalue weighted by Gasteiger charge is -2.24. The summed E-state index contributed by atoms with van der Waals surface area (Å²) < 4.78 is 15.1. The minimum Gasteiger partial charge on any atom is -0.392 e. The van der Waals surface area contributed by atoms with Crippen LogP contribution < -0.4 is 0 Å². The number of hydrogen-bond acceptors (Lipinski definition) is 3. The first-order valence-corrected chi connectivity index (χ1v) is 7.85. The van der Waals surface area contributed by atoms with Gasteiger partial charge in [0.15, 0.2) is 0 Å². The Bertz CT molecular complexity index is 611. The van der Waals surface area contributed by atoms with Crippen molar-refractivity contribution >= 4 is 0 Å². The normalized spacial score (nSPS) is 22.3. The molecule has 22 heavy (non-hydrogen) atoms. The fourth-order valence-corrected chi connectivity index (χ4v) is 3.27. The topological polar surface area (TPSA) is 41.3 Å². The largest absolute Gasteiger partial charge is 0.392 e. The number of benzene rings is 1. The third kappa shape index (κ3) is 3.20. The van der Waals surface area contributed by atoms with E-state index in [1.165, 1.54) is 17.8 Å². The van der Waals surface area contributed by atoms with Gasteiger partial charge in [0.05, 0.1) is 6.10 Å². The van der Waals surface area contributed by atoms with Crippen molar-refractivity contribution in [3.8, 4) is 0 Å². The van der Waals surface area contributed by atoms with Crippen LogP contribution in [0.3, 0.4) is 0 Å². The molecule has 5 heteroatoms. The minimum atomic E-state index is -0.314. The zero-order valence-corrected chi connectivity index (χ0v) is 12.8. The van der Waals surface area contributed by atoms with E-state index in [1.54, 1.807) is 0 Å². The molecular formula is C17H22FN3O. The molecule has 1 N–H and O–H groups in total. The summed E-state index contributed by atoms with van der Waals surface area (Å²) in [6.07, 6.45) is 3.12. The van der Waals surface area contributed by atoms with E-state index in [0.29, 0.717) is 13.0 Å². The summed E-state index contributed by atoms with van der Waals surface area (Å²) in [5, 5.41) is 14.3. The number of rotatable bonds is 5. The monoisotopic (exact) mass is 303 g/mol. The van der Waals surface area contributed by atoms with Crippen LogP contribution in [0.15, 0.2) is 36.5 Å². The highest BCUT2D eigenvalue weighted by molar-refractivity contribution is 5.21.